The van der Waals surface area contributed by atoms with Crippen molar-refractivity contribution in [1.82, 2.24) is 4.98 Å². The first-order valence-electron chi connectivity index (χ1n) is 7.91. The highest BCUT2D eigenvalue weighted by Gasteiger charge is 2.43. The van der Waals surface area contributed by atoms with Gasteiger partial charge in [-0.1, -0.05) is 15.1 Å². The molecule has 148 valence electrons. The molecule has 27 heavy (non-hydrogen) atoms. The van der Waals surface area contributed by atoms with E-state index in [1.54, 1.807) is 18.3 Å². The number of aromatic nitrogens is 1. The predicted molar refractivity (Wildman–Crippen MR) is 102 cm³/mol. The molecule has 1 aromatic rings. The van der Waals surface area contributed by atoms with E-state index in [9.17, 15) is 22.8 Å². The van der Waals surface area contributed by atoms with Gasteiger partial charge in [-0.15, -0.1) is 0 Å². The number of aromatic amines is 1. The topological polar surface area (TPSA) is 120 Å². The lowest BCUT2D eigenvalue weighted by atomic mass is 10.1. The second-order valence-corrected chi connectivity index (χ2v) is 13.4. The van der Waals surface area contributed by atoms with Crippen LogP contribution in [0.1, 0.15) is 16.9 Å². The smallest absolute Gasteiger partial charge is 0.320 e. The molecule has 1 unspecified atom stereocenters. The van der Waals surface area contributed by atoms with Gasteiger partial charge in [0, 0.05) is 12.5 Å². The lowest BCUT2D eigenvalue weighted by Crippen LogP contribution is -2.29. The third kappa shape index (κ3) is 4.01. The number of hydrogen-bond acceptors (Lipinski definition) is 7. The van der Waals surface area contributed by atoms with Crippen molar-refractivity contribution in [3.63, 3.8) is 0 Å². The second-order valence-electron chi connectivity index (χ2n) is 5.79. The molecule has 1 N–H and O–H groups in total. The van der Waals surface area contributed by atoms with Crippen molar-refractivity contribution >= 4 is 35.7 Å². The first kappa shape index (κ1) is 21.0. The summed E-state index contributed by atoms with van der Waals surface area (Å²) >= 11 is 0. The standard InChI is InChI=1S/C17H21NO7S2/c1-24-16(20)12(17(21)25-2)8-11-27(26(3,22)23)10-5-7-14(27)15(19)13-6-4-9-18-13/h4-7,9-10,12,18H,8,11H2,1-3H3. The molecule has 0 aromatic carbocycles. The summed E-state index contributed by atoms with van der Waals surface area (Å²) in [5.74, 6) is -3.39. The van der Waals surface area contributed by atoms with Crippen LogP contribution in [0.2, 0.25) is 0 Å². The SMILES string of the molecule is COC(=O)C(CCS1(S(C)(=O)=O)C=CC=C1C(=O)c1ccc[nH]1)C(=O)OC. The maximum atomic E-state index is 12.8. The molecule has 0 fully saturated rings. The third-order valence-corrected chi connectivity index (χ3v) is 12.4. The monoisotopic (exact) mass is 415 g/mol. The van der Waals surface area contributed by atoms with Gasteiger partial charge in [-0.25, -0.2) is 8.42 Å². The van der Waals surface area contributed by atoms with Crippen molar-refractivity contribution < 1.29 is 32.3 Å². The number of Topliss-reactive ketones (excluding diaryl/α,β-unsaturated/α-hetero) is 1. The molecule has 1 aliphatic heterocycles. The van der Waals surface area contributed by atoms with Crippen molar-refractivity contribution in [3.8, 4) is 0 Å². The number of carbonyl (C=O) groups is 3. The van der Waals surface area contributed by atoms with Crippen molar-refractivity contribution in [2.75, 3.05) is 26.2 Å². The van der Waals surface area contributed by atoms with Crippen molar-refractivity contribution in [2.24, 2.45) is 5.92 Å². The lowest BCUT2D eigenvalue weighted by Gasteiger charge is -2.34. The number of methoxy groups -OCH3 is 2. The fourth-order valence-electron chi connectivity index (χ4n) is 2.78. The van der Waals surface area contributed by atoms with Crippen LogP contribution in [-0.2, 0) is 27.9 Å². The van der Waals surface area contributed by atoms with Gasteiger partial charge in [0.2, 0.25) is 5.78 Å². The number of rotatable bonds is 8. The minimum atomic E-state index is -3.72. The zero-order valence-corrected chi connectivity index (χ0v) is 16.8. The van der Waals surface area contributed by atoms with Gasteiger partial charge in [-0.2, -0.15) is 0 Å². The second kappa shape index (κ2) is 8.13. The lowest BCUT2D eigenvalue weighted by molar-refractivity contribution is -0.158. The molecular formula is C17H21NO7S2. The Morgan fingerprint density at radius 2 is 1.81 bits per heavy atom. The Bertz CT molecular complexity index is 884. The molecule has 0 saturated carbocycles. The van der Waals surface area contributed by atoms with Crippen LogP contribution < -0.4 is 0 Å². The number of allylic oxidation sites excluding steroid dienone is 3. The zero-order valence-electron chi connectivity index (χ0n) is 15.1. The van der Waals surface area contributed by atoms with Crippen LogP contribution in [0.3, 0.4) is 0 Å². The summed E-state index contributed by atoms with van der Waals surface area (Å²) in [6.45, 7) is 0. The minimum absolute atomic E-state index is 0.0739. The molecule has 10 heteroatoms. The summed E-state index contributed by atoms with van der Waals surface area (Å²) in [4.78, 5) is 39.6. The highest BCUT2D eigenvalue weighted by atomic mass is 33.2. The molecule has 1 aliphatic rings. The summed E-state index contributed by atoms with van der Waals surface area (Å²) in [7, 11) is -4.21. The maximum Gasteiger partial charge on any atom is 0.320 e. The van der Waals surface area contributed by atoms with Gasteiger partial charge >= 0.3 is 11.9 Å². The fraction of sp³-hybridized carbons (Fsp3) is 0.353. The predicted octanol–water partition coefficient (Wildman–Crippen LogP) is 1.73. The van der Waals surface area contributed by atoms with E-state index in [2.05, 4.69) is 14.5 Å². The van der Waals surface area contributed by atoms with Gasteiger partial charge < -0.3 is 14.5 Å². The summed E-state index contributed by atoms with van der Waals surface area (Å²) in [6.07, 6.45) is 5.50. The number of carbonyl (C=O) groups excluding carboxylic acids is 3. The Hall–Kier alpha value is -2.33. The first-order chi connectivity index (χ1) is 12.7. The molecule has 1 aromatic heterocycles. The van der Waals surface area contributed by atoms with E-state index >= 15 is 0 Å². The number of ether oxygens (including phenoxy) is 2. The zero-order chi connectivity index (χ0) is 20.2. The van der Waals surface area contributed by atoms with E-state index in [1.165, 1.54) is 17.6 Å². The number of H-pyrrole nitrogens is 1. The van der Waals surface area contributed by atoms with Crippen molar-refractivity contribution in [1.29, 1.82) is 0 Å². The maximum absolute atomic E-state index is 12.8. The van der Waals surface area contributed by atoms with Crippen LogP contribution in [0.5, 0.6) is 0 Å². The molecular weight excluding hydrogens is 394 g/mol. The van der Waals surface area contributed by atoms with Gasteiger partial charge in [0.15, 0.2) is 14.8 Å². The normalized spacial score (nSPS) is 21.4. The number of ketones is 1. The third-order valence-electron chi connectivity index (χ3n) is 4.21. The van der Waals surface area contributed by atoms with Crippen LogP contribution in [0.4, 0.5) is 0 Å². The highest BCUT2D eigenvalue weighted by Crippen LogP contribution is 2.65. The molecule has 2 rings (SSSR count). The molecule has 0 amide bonds. The summed E-state index contributed by atoms with van der Waals surface area (Å²) in [6, 6.07) is 3.19. The van der Waals surface area contributed by atoms with E-state index in [1.807, 2.05) is 0 Å². The Kier molecular flexibility index (Phi) is 6.32. The fourth-order valence-corrected chi connectivity index (χ4v) is 9.13. The number of hydrogen-bond donors (Lipinski definition) is 1. The Morgan fingerprint density at radius 1 is 1.19 bits per heavy atom. The number of nitrogens with one attached hydrogen (secondary N) is 1. The molecule has 0 saturated heterocycles. The van der Waals surface area contributed by atoms with Gasteiger partial charge in [0.1, 0.15) is 0 Å². The van der Waals surface area contributed by atoms with Crippen molar-refractivity contribution in [3.05, 3.63) is 46.5 Å². The van der Waals surface area contributed by atoms with E-state index in [-0.39, 0.29) is 22.8 Å². The average Bonchev–Trinajstić information content (AvgIpc) is 3.30. The van der Waals surface area contributed by atoms with Gasteiger partial charge in [0.25, 0.3) is 0 Å². The first-order valence-corrected chi connectivity index (χ1v) is 12.2. The largest absolute Gasteiger partial charge is 0.468 e. The molecule has 0 aliphatic carbocycles. The van der Waals surface area contributed by atoms with Crippen LogP contribution in [0.15, 0.2) is 40.8 Å². The Labute approximate surface area is 158 Å². The summed E-state index contributed by atoms with van der Waals surface area (Å²) in [5, 5.41) is 1.49. The van der Waals surface area contributed by atoms with Gasteiger partial charge in [-0.05, 0) is 35.8 Å². The van der Waals surface area contributed by atoms with E-state index in [4.69, 9.17) is 0 Å². The van der Waals surface area contributed by atoms with Crippen LogP contribution >= 0.6 is 9.06 Å². The quantitative estimate of drug-likeness (QED) is 0.297. The molecule has 1 atom stereocenters. The highest BCUT2D eigenvalue weighted by molar-refractivity contribution is 8.93. The summed E-state index contributed by atoms with van der Waals surface area (Å²) < 4.78 is 34.6. The number of esters is 2. The van der Waals surface area contributed by atoms with Gasteiger partial charge in [-0.3, -0.25) is 14.4 Å². The van der Waals surface area contributed by atoms with Crippen LogP contribution in [0, 0.1) is 5.92 Å². The van der Waals surface area contributed by atoms with Crippen LogP contribution in [-0.4, -0.2) is 57.4 Å². The van der Waals surface area contributed by atoms with E-state index in [0.29, 0.717) is 0 Å². The molecule has 0 radical (unpaired) electrons. The Morgan fingerprint density at radius 3 is 2.30 bits per heavy atom. The van der Waals surface area contributed by atoms with E-state index < -0.39 is 41.6 Å². The molecule has 8 nitrogen and oxygen atoms in total. The molecule has 2 heterocycles. The minimum Gasteiger partial charge on any atom is -0.468 e. The molecule has 0 bridgehead atoms. The van der Waals surface area contributed by atoms with Gasteiger partial charge in [0.05, 0.1) is 24.8 Å². The average molecular weight is 415 g/mol. The molecule has 0 spiro atoms. The van der Waals surface area contributed by atoms with E-state index in [0.717, 1.165) is 20.5 Å². The van der Waals surface area contributed by atoms with Crippen LogP contribution in [0.25, 0.3) is 0 Å². The Balaban J connectivity index is 2.39. The van der Waals surface area contributed by atoms with Crippen molar-refractivity contribution in [2.45, 2.75) is 6.42 Å². The summed E-state index contributed by atoms with van der Waals surface area (Å²) in [5.41, 5.74) is 0.267.